The number of benzene rings is 2. The zero-order valence-electron chi connectivity index (χ0n) is 13.5. The Balaban J connectivity index is 2.49. The summed E-state index contributed by atoms with van der Waals surface area (Å²) in [6.07, 6.45) is 1.37. The fourth-order valence-corrected chi connectivity index (χ4v) is 4.82. The van der Waals surface area contributed by atoms with E-state index in [2.05, 4.69) is 15.4 Å². The molecular weight excluding hydrogens is 394 g/mol. The van der Waals surface area contributed by atoms with Crippen molar-refractivity contribution in [2.75, 3.05) is 0 Å². The van der Waals surface area contributed by atoms with Crippen LogP contribution in [-0.2, 0) is 20.2 Å². The minimum atomic E-state index is -5.08. The van der Waals surface area contributed by atoms with Crippen LogP contribution in [0.25, 0.3) is 21.1 Å². The maximum absolute atomic E-state index is 12.2. The van der Waals surface area contributed by atoms with Gasteiger partial charge in [-0.2, -0.15) is 16.8 Å². The molecule has 2 aromatic carbocycles. The second-order valence-electron chi connectivity index (χ2n) is 5.38. The number of aromatic amines is 1. The average Bonchev–Trinajstić information content (AvgIpc) is 3.13. The summed E-state index contributed by atoms with van der Waals surface area (Å²) in [5.74, 6) is 0. The van der Waals surface area contributed by atoms with Gasteiger partial charge >= 0.3 is 0 Å². The highest BCUT2D eigenvalue weighted by atomic mass is 32.2. The lowest BCUT2D eigenvalue weighted by Gasteiger charge is -2.14. The van der Waals surface area contributed by atoms with Crippen molar-refractivity contribution in [2.24, 2.45) is 0 Å². The van der Waals surface area contributed by atoms with Gasteiger partial charge < -0.3 is 0 Å². The molecule has 0 atom stereocenters. The smallest absolute Gasteiger partial charge is 0.282 e. The van der Waals surface area contributed by atoms with Gasteiger partial charge in [-0.25, -0.2) is 0 Å². The van der Waals surface area contributed by atoms with Crippen LogP contribution in [0.4, 0.5) is 0 Å². The van der Waals surface area contributed by atoms with Gasteiger partial charge in [-0.15, -0.1) is 5.10 Å². The van der Waals surface area contributed by atoms with Crippen molar-refractivity contribution in [3.63, 3.8) is 0 Å². The van der Waals surface area contributed by atoms with E-state index >= 15 is 0 Å². The summed E-state index contributed by atoms with van der Waals surface area (Å²) in [6, 6.07) is 12.9. The quantitative estimate of drug-likeness (QED) is 0.430. The molecule has 11 heteroatoms. The third-order valence-electron chi connectivity index (χ3n) is 3.62. The Kier molecular flexibility index (Phi) is 4.93. The van der Waals surface area contributed by atoms with E-state index in [9.17, 15) is 25.9 Å². The number of aromatic nitrogens is 3. The predicted octanol–water partition coefficient (Wildman–Crippen LogP) is 2.07. The number of nitrogens with zero attached hydrogens (tertiary/aromatic N) is 2. The molecule has 0 aliphatic heterocycles. The first-order valence-corrected chi connectivity index (χ1v) is 10.3. The lowest BCUT2D eigenvalue weighted by atomic mass is 10.0. The molecule has 0 saturated carbocycles. The van der Waals surface area contributed by atoms with Crippen molar-refractivity contribution in [1.29, 1.82) is 0 Å². The maximum Gasteiger partial charge on any atom is 0.296 e. The zero-order chi connectivity index (χ0) is 19.7. The zero-order valence-corrected chi connectivity index (χ0v) is 15.1. The molecule has 0 aliphatic carbocycles. The first-order valence-electron chi connectivity index (χ1n) is 7.40. The van der Waals surface area contributed by atoms with Gasteiger partial charge in [-0.1, -0.05) is 59.8 Å². The molecule has 27 heavy (non-hydrogen) atoms. The average molecular weight is 407 g/mol. The topological polar surface area (TPSA) is 150 Å². The fraction of sp³-hybridized carbons (Fsp3) is 0. The Bertz CT molecular complexity index is 1200. The van der Waals surface area contributed by atoms with E-state index in [1.165, 1.54) is 48.7 Å². The second kappa shape index (κ2) is 7.04. The van der Waals surface area contributed by atoms with Gasteiger partial charge in [0.25, 0.3) is 20.2 Å². The van der Waals surface area contributed by atoms with E-state index in [0.29, 0.717) is 0 Å². The Hall–Kier alpha value is -2.86. The van der Waals surface area contributed by atoms with Crippen molar-refractivity contribution >= 4 is 30.0 Å². The van der Waals surface area contributed by atoms with Gasteiger partial charge in [-0.3, -0.25) is 14.2 Å². The SMILES string of the molecule is O=S(=O)(O)C(=C(c1ccccc1-c1c[nH]nn1)S(=O)(=O)O)c1ccccc1. The lowest BCUT2D eigenvalue weighted by Crippen LogP contribution is -2.11. The molecule has 3 N–H and O–H groups in total. The fourth-order valence-electron chi connectivity index (χ4n) is 2.60. The Morgan fingerprint density at radius 3 is 1.96 bits per heavy atom. The molecule has 3 rings (SSSR count). The number of hydrogen-bond acceptors (Lipinski definition) is 6. The van der Waals surface area contributed by atoms with Crippen molar-refractivity contribution in [1.82, 2.24) is 15.4 Å². The van der Waals surface area contributed by atoms with E-state index in [-0.39, 0.29) is 22.4 Å². The van der Waals surface area contributed by atoms with Crippen LogP contribution in [0, 0.1) is 0 Å². The van der Waals surface area contributed by atoms with Gasteiger partial charge in [0.2, 0.25) is 0 Å². The van der Waals surface area contributed by atoms with Gasteiger partial charge in [0.05, 0.1) is 6.20 Å². The van der Waals surface area contributed by atoms with Gasteiger partial charge in [0.15, 0.2) is 0 Å². The number of hydrogen-bond donors (Lipinski definition) is 3. The predicted molar refractivity (Wildman–Crippen MR) is 98.2 cm³/mol. The standard InChI is InChI=1S/C16H13N3O6S2/c20-26(21,22)15(11-6-2-1-3-7-11)16(27(23,24)25)13-9-5-4-8-12(13)14-10-17-19-18-14/h1-10H,(H,17,18,19)(H,20,21,22)(H,23,24,25). The first-order chi connectivity index (χ1) is 12.7. The van der Waals surface area contributed by atoms with Gasteiger partial charge in [-0.05, 0) is 5.56 Å². The molecular formula is C16H13N3O6S2. The van der Waals surface area contributed by atoms with Crippen LogP contribution >= 0.6 is 0 Å². The highest BCUT2D eigenvalue weighted by Crippen LogP contribution is 2.37. The van der Waals surface area contributed by atoms with Crippen LogP contribution in [-0.4, -0.2) is 41.4 Å². The van der Waals surface area contributed by atoms with E-state index in [1.54, 1.807) is 12.1 Å². The molecule has 0 spiro atoms. The van der Waals surface area contributed by atoms with Crippen molar-refractivity contribution in [3.8, 4) is 11.3 Å². The molecule has 9 nitrogen and oxygen atoms in total. The number of nitrogens with one attached hydrogen (secondary N) is 1. The van der Waals surface area contributed by atoms with Gasteiger partial charge in [0.1, 0.15) is 15.5 Å². The third-order valence-corrected chi connectivity index (χ3v) is 5.65. The van der Waals surface area contributed by atoms with Crippen molar-refractivity contribution < 1.29 is 25.9 Å². The minimum Gasteiger partial charge on any atom is -0.282 e. The summed E-state index contributed by atoms with van der Waals surface area (Å²) in [6.45, 7) is 0. The molecule has 0 amide bonds. The van der Waals surface area contributed by atoms with E-state index in [4.69, 9.17) is 0 Å². The molecule has 1 heterocycles. The van der Waals surface area contributed by atoms with Gasteiger partial charge in [0, 0.05) is 11.1 Å². The maximum atomic E-state index is 12.2. The monoisotopic (exact) mass is 407 g/mol. The minimum absolute atomic E-state index is 0.109. The van der Waals surface area contributed by atoms with Crippen LogP contribution in [0.1, 0.15) is 11.1 Å². The molecule has 140 valence electrons. The summed E-state index contributed by atoms with van der Waals surface area (Å²) >= 11 is 0. The van der Waals surface area contributed by atoms with Crippen LogP contribution < -0.4 is 0 Å². The summed E-state index contributed by atoms with van der Waals surface area (Å²) in [7, 11) is -10.1. The highest BCUT2D eigenvalue weighted by molar-refractivity contribution is 8.01. The molecule has 0 unspecified atom stereocenters. The van der Waals surface area contributed by atoms with Crippen LogP contribution in [0.2, 0.25) is 0 Å². The normalized spacial score (nSPS) is 13.3. The van der Waals surface area contributed by atoms with E-state index in [0.717, 1.165) is 0 Å². The summed E-state index contributed by atoms with van der Waals surface area (Å²) in [5, 5.41) is 9.80. The lowest BCUT2D eigenvalue weighted by molar-refractivity contribution is 0.491. The number of rotatable bonds is 5. The molecule has 3 aromatic rings. The van der Waals surface area contributed by atoms with E-state index < -0.39 is 30.0 Å². The molecule has 0 radical (unpaired) electrons. The largest absolute Gasteiger partial charge is 0.296 e. The Labute approximate surface area is 154 Å². The van der Waals surface area contributed by atoms with Crippen LogP contribution in [0.5, 0.6) is 0 Å². The summed E-state index contributed by atoms with van der Waals surface area (Å²) in [5.41, 5.74) is 0.137. The molecule has 0 fully saturated rings. The first kappa shape index (κ1) is 18.9. The summed E-state index contributed by atoms with van der Waals surface area (Å²) < 4.78 is 68.1. The summed E-state index contributed by atoms with van der Waals surface area (Å²) in [4.78, 5) is -1.91. The third kappa shape index (κ3) is 3.95. The van der Waals surface area contributed by atoms with Crippen LogP contribution in [0.15, 0.2) is 60.8 Å². The Morgan fingerprint density at radius 2 is 1.41 bits per heavy atom. The van der Waals surface area contributed by atoms with Crippen molar-refractivity contribution in [3.05, 3.63) is 71.9 Å². The molecule has 1 aromatic heterocycles. The molecule has 0 bridgehead atoms. The Morgan fingerprint density at radius 1 is 0.815 bits per heavy atom. The number of H-pyrrole nitrogens is 1. The molecule has 0 aliphatic rings. The molecule has 0 saturated heterocycles. The van der Waals surface area contributed by atoms with Crippen LogP contribution in [0.3, 0.4) is 0 Å². The van der Waals surface area contributed by atoms with E-state index in [1.807, 2.05) is 0 Å². The highest BCUT2D eigenvalue weighted by Gasteiger charge is 2.32. The van der Waals surface area contributed by atoms with Crippen molar-refractivity contribution in [2.45, 2.75) is 0 Å². The second-order valence-corrected chi connectivity index (χ2v) is 8.10.